The van der Waals surface area contributed by atoms with Crippen molar-refractivity contribution in [2.45, 2.75) is 12.6 Å². The lowest BCUT2D eigenvalue weighted by Crippen LogP contribution is -2.13. The molecule has 0 bridgehead atoms. The molecule has 1 atom stereocenters. The highest BCUT2D eigenvalue weighted by Gasteiger charge is 2.24. The molecule has 3 rings (SSSR count). The molecule has 2 aromatic rings. The van der Waals surface area contributed by atoms with Crippen molar-refractivity contribution in [2.24, 2.45) is 0 Å². The van der Waals surface area contributed by atoms with Crippen LogP contribution in [0.25, 0.3) is 0 Å². The molecular weight excluding hydrogens is 198 g/mol. The van der Waals surface area contributed by atoms with Gasteiger partial charge >= 0.3 is 0 Å². The Morgan fingerprint density at radius 2 is 1.62 bits per heavy atom. The van der Waals surface area contributed by atoms with Crippen LogP contribution in [0.1, 0.15) is 22.7 Å². The molecule has 1 aliphatic rings. The van der Waals surface area contributed by atoms with Gasteiger partial charge in [0, 0.05) is 12.1 Å². The molecule has 0 radical (unpaired) electrons. The number of para-hydroxylation sites is 1. The summed E-state index contributed by atoms with van der Waals surface area (Å²) in [7, 11) is 0. The number of nitrogens with one attached hydrogen (secondary N) is 1. The molecule has 0 aliphatic carbocycles. The van der Waals surface area contributed by atoms with Gasteiger partial charge in [-0.25, -0.2) is 0 Å². The maximum absolute atomic E-state index is 9.86. The van der Waals surface area contributed by atoms with Crippen molar-refractivity contribution in [1.82, 2.24) is 5.32 Å². The van der Waals surface area contributed by atoms with Crippen LogP contribution in [0.15, 0.2) is 48.5 Å². The SMILES string of the molecule is Oc1ccccc1C1NCc2ccccc21. The molecule has 1 heterocycles. The Morgan fingerprint density at radius 1 is 0.938 bits per heavy atom. The van der Waals surface area contributed by atoms with Crippen LogP contribution in [0, 0.1) is 0 Å². The average molecular weight is 211 g/mol. The molecule has 2 heteroatoms. The van der Waals surface area contributed by atoms with Gasteiger partial charge in [-0.15, -0.1) is 0 Å². The van der Waals surface area contributed by atoms with E-state index in [1.165, 1.54) is 11.1 Å². The predicted octanol–water partition coefficient (Wildman–Crippen LogP) is 2.58. The van der Waals surface area contributed by atoms with Crippen LogP contribution in [-0.2, 0) is 6.54 Å². The van der Waals surface area contributed by atoms with Crippen molar-refractivity contribution in [1.29, 1.82) is 0 Å². The molecule has 2 nitrogen and oxygen atoms in total. The Bertz CT molecular complexity index is 522. The van der Waals surface area contributed by atoms with E-state index in [1.54, 1.807) is 6.07 Å². The molecule has 2 aromatic carbocycles. The number of fused-ring (bicyclic) bond motifs is 1. The predicted molar refractivity (Wildman–Crippen MR) is 63.2 cm³/mol. The molecule has 16 heavy (non-hydrogen) atoms. The topological polar surface area (TPSA) is 32.3 Å². The zero-order valence-corrected chi connectivity index (χ0v) is 8.85. The molecule has 0 amide bonds. The van der Waals surface area contributed by atoms with E-state index in [4.69, 9.17) is 0 Å². The first kappa shape index (κ1) is 9.43. The lowest BCUT2D eigenvalue weighted by atomic mass is 9.98. The average Bonchev–Trinajstić information content (AvgIpc) is 2.74. The van der Waals surface area contributed by atoms with Gasteiger partial charge in [-0.2, -0.15) is 0 Å². The lowest BCUT2D eigenvalue weighted by Gasteiger charge is -2.13. The summed E-state index contributed by atoms with van der Waals surface area (Å²) in [5.41, 5.74) is 3.53. The standard InChI is InChI=1S/C14H13NO/c16-13-8-4-3-7-12(13)14-11-6-2-1-5-10(11)9-15-14/h1-8,14-16H,9H2. The third kappa shape index (κ3) is 1.39. The van der Waals surface area contributed by atoms with Crippen molar-refractivity contribution in [3.05, 3.63) is 65.2 Å². The van der Waals surface area contributed by atoms with Crippen molar-refractivity contribution in [3.63, 3.8) is 0 Å². The summed E-state index contributed by atoms with van der Waals surface area (Å²) in [5, 5.41) is 13.3. The number of benzene rings is 2. The minimum Gasteiger partial charge on any atom is -0.508 e. The molecular formula is C14H13NO. The monoisotopic (exact) mass is 211 g/mol. The number of hydrogen-bond acceptors (Lipinski definition) is 2. The Labute approximate surface area is 94.6 Å². The van der Waals surface area contributed by atoms with Crippen molar-refractivity contribution in [3.8, 4) is 5.75 Å². The summed E-state index contributed by atoms with van der Waals surface area (Å²) in [6, 6.07) is 16.0. The van der Waals surface area contributed by atoms with E-state index in [9.17, 15) is 5.11 Å². The fraction of sp³-hybridized carbons (Fsp3) is 0.143. The third-order valence-electron chi connectivity index (χ3n) is 3.11. The summed E-state index contributed by atoms with van der Waals surface area (Å²) in [4.78, 5) is 0. The quantitative estimate of drug-likeness (QED) is 0.760. The molecule has 1 aliphatic heterocycles. The Kier molecular flexibility index (Phi) is 2.15. The number of aromatic hydroxyl groups is 1. The van der Waals surface area contributed by atoms with Crippen molar-refractivity contribution < 1.29 is 5.11 Å². The van der Waals surface area contributed by atoms with Crippen LogP contribution in [0.3, 0.4) is 0 Å². The fourth-order valence-corrected chi connectivity index (χ4v) is 2.31. The lowest BCUT2D eigenvalue weighted by molar-refractivity contribution is 0.460. The summed E-state index contributed by atoms with van der Waals surface area (Å²) in [6.07, 6.45) is 0. The second-order valence-electron chi connectivity index (χ2n) is 4.07. The van der Waals surface area contributed by atoms with E-state index >= 15 is 0 Å². The van der Waals surface area contributed by atoms with Gasteiger partial charge in [0.25, 0.3) is 0 Å². The van der Waals surface area contributed by atoms with E-state index in [0.717, 1.165) is 12.1 Å². The molecule has 1 unspecified atom stereocenters. The molecule has 0 aromatic heterocycles. The van der Waals surface area contributed by atoms with E-state index in [-0.39, 0.29) is 6.04 Å². The summed E-state index contributed by atoms with van der Waals surface area (Å²) in [5.74, 6) is 0.358. The highest BCUT2D eigenvalue weighted by molar-refractivity contribution is 5.45. The van der Waals surface area contributed by atoms with Crippen LogP contribution in [0.5, 0.6) is 5.75 Å². The first-order valence-corrected chi connectivity index (χ1v) is 5.45. The second-order valence-corrected chi connectivity index (χ2v) is 4.07. The van der Waals surface area contributed by atoms with Gasteiger partial charge in [-0.3, -0.25) is 0 Å². The number of phenols is 1. The van der Waals surface area contributed by atoms with Crippen LogP contribution in [-0.4, -0.2) is 5.11 Å². The van der Waals surface area contributed by atoms with Gasteiger partial charge in [0.2, 0.25) is 0 Å². The van der Waals surface area contributed by atoms with Crippen LogP contribution < -0.4 is 5.32 Å². The Hall–Kier alpha value is -1.80. The van der Waals surface area contributed by atoms with Gasteiger partial charge in [0.1, 0.15) is 5.75 Å². The van der Waals surface area contributed by atoms with E-state index in [1.807, 2.05) is 30.3 Å². The highest BCUT2D eigenvalue weighted by atomic mass is 16.3. The highest BCUT2D eigenvalue weighted by Crippen LogP contribution is 2.34. The molecule has 80 valence electrons. The van der Waals surface area contributed by atoms with Crippen LogP contribution >= 0.6 is 0 Å². The maximum atomic E-state index is 9.86. The molecule has 0 spiro atoms. The normalized spacial score (nSPS) is 18.4. The van der Waals surface area contributed by atoms with E-state index in [2.05, 4.69) is 17.4 Å². The summed E-state index contributed by atoms with van der Waals surface area (Å²) >= 11 is 0. The van der Waals surface area contributed by atoms with Gasteiger partial charge in [0.15, 0.2) is 0 Å². The third-order valence-corrected chi connectivity index (χ3v) is 3.11. The minimum absolute atomic E-state index is 0.123. The van der Waals surface area contributed by atoms with Crippen LogP contribution in [0.4, 0.5) is 0 Å². The number of phenolic OH excluding ortho intramolecular Hbond substituents is 1. The maximum Gasteiger partial charge on any atom is 0.120 e. The largest absolute Gasteiger partial charge is 0.508 e. The van der Waals surface area contributed by atoms with Gasteiger partial charge in [0.05, 0.1) is 6.04 Å². The minimum atomic E-state index is 0.123. The van der Waals surface area contributed by atoms with Crippen molar-refractivity contribution >= 4 is 0 Å². The number of rotatable bonds is 1. The van der Waals surface area contributed by atoms with Gasteiger partial charge < -0.3 is 10.4 Å². The molecule has 2 N–H and O–H groups in total. The van der Waals surface area contributed by atoms with E-state index in [0.29, 0.717) is 5.75 Å². The molecule has 0 saturated carbocycles. The van der Waals surface area contributed by atoms with Crippen LogP contribution in [0.2, 0.25) is 0 Å². The first-order valence-electron chi connectivity index (χ1n) is 5.45. The fourth-order valence-electron chi connectivity index (χ4n) is 2.31. The number of hydrogen-bond donors (Lipinski definition) is 2. The molecule has 0 fully saturated rings. The van der Waals surface area contributed by atoms with Gasteiger partial charge in [-0.05, 0) is 17.2 Å². The summed E-state index contributed by atoms with van der Waals surface area (Å²) in [6.45, 7) is 0.870. The second kappa shape index (κ2) is 3.65. The zero-order chi connectivity index (χ0) is 11.0. The smallest absolute Gasteiger partial charge is 0.120 e. The van der Waals surface area contributed by atoms with Crippen molar-refractivity contribution in [2.75, 3.05) is 0 Å². The first-order chi connectivity index (χ1) is 7.86. The summed E-state index contributed by atoms with van der Waals surface area (Å²) < 4.78 is 0. The van der Waals surface area contributed by atoms with Gasteiger partial charge in [-0.1, -0.05) is 42.5 Å². The van der Waals surface area contributed by atoms with E-state index < -0.39 is 0 Å². The Morgan fingerprint density at radius 3 is 2.44 bits per heavy atom. The Balaban J connectivity index is 2.08. The zero-order valence-electron chi connectivity index (χ0n) is 8.85. The molecule has 0 saturated heterocycles.